The van der Waals surface area contributed by atoms with Gasteiger partial charge in [-0.05, 0) is 42.0 Å². The van der Waals surface area contributed by atoms with Crippen molar-refractivity contribution in [3.05, 3.63) is 108 Å². The highest BCUT2D eigenvalue weighted by atomic mass is 19.3. The van der Waals surface area contributed by atoms with Gasteiger partial charge in [0, 0.05) is 23.0 Å². The van der Waals surface area contributed by atoms with Crippen molar-refractivity contribution in [2.75, 3.05) is 10.6 Å². The summed E-state index contributed by atoms with van der Waals surface area (Å²) < 4.78 is 30.5. The number of nitriles is 1. The smallest absolute Gasteiger partial charge is 0.322 e. The van der Waals surface area contributed by atoms with E-state index in [1.165, 1.54) is 24.3 Å². The SMILES string of the molecule is N#Cc1ccccc1Nc1nc2ccc(-c3ccc(NC(=O)C(F)(F)c4ccccc4)cc3)cn2n1. The summed E-state index contributed by atoms with van der Waals surface area (Å²) in [6, 6.07) is 26.3. The van der Waals surface area contributed by atoms with Gasteiger partial charge in [0.25, 0.3) is 5.91 Å². The zero-order valence-corrected chi connectivity index (χ0v) is 18.7. The summed E-state index contributed by atoms with van der Waals surface area (Å²) in [4.78, 5) is 16.6. The van der Waals surface area contributed by atoms with Gasteiger partial charge in [0.1, 0.15) is 6.07 Å². The first kappa shape index (κ1) is 22.7. The fourth-order valence-electron chi connectivity index (χ4n) is 3.65. The Morgan fingerprint density at radius 1 is 0.889 bits per heavy atom. The molecule has 0 bridgehead atoms. The molecule has 2 aromatic heterocycles. The van der Waals surface area contributed by atoms with E-state index in [-0.39, 0.29) is 11.3 Å². The number of benzene rings is 3. The number of hydrogen-bond donors (Lipinski definition) is 2. The van der Waals surface area contributed by atoms with Crippen molar-refractivity contribution in [2.24, 2.45) is 0 Å². The van der Waals surface area contributed by atoms with E-state index in [1.807, 2.05) is 12.1 Å². The number of rotatable bonds is 6. The zero-order valence-electron chi connectivity index (χ0n) is 18.7. The Balaban J connectivity index is 1.33. The van der Waals surface area contributed by atoms with E-state index >= 15 is 0 Å². The van der Waals surface area contributed by atoms with Crippen LogP contribution in [0.25, 0.3) is 16.8 Å². The van der Waals surface area contributed by atoms with Crippen LogP contribution in [0.3, 0.4) is 0 Å². The van der Waals surface area contributed by atoms with Gasteiger partial charge in [-0.25, -0.2) is 4.52 Å². The van der Waals surface area contributed by atoms with Crippen molar-refractivity contribution in [3.8, 4) is 17.2 Å². The van der Waals surface area contributed by atoms with Crippen molar-refractivity contribution in [1.29, 1.82) is 5.26 Å². The van der Waals surface area contributed by atoms with Crippen molar-refractivity contribution >= 4 is 28.9 Å². The molecule has 0 saturated heterocycles. The average Bonchev–Trinajstić information content (AvgIpc) is 3.31. The number of aromatic nitrogens is 3. The number of alkyl halides is 2. The van der Waals surface area contributed by atoms with Crippen LogP contribution in [0.2, 0.25) is 0 Å². The Hall–Kier alpha value is -5.10. The third-order valence-corrected chi connectivity index (χ3v) is 5.52. The molecule has 176 valence electrons. The van der Waals surface area contributed by atoms with Crippen LogP contribution < -0.4 is 10.6 Å². The van der Waals surface area contributed by atoms with Gasteiger partial charge >= 0.3 is 5.92 Å². The number of carbonyl (C=O) groups is 1. The molecule has 9 heteroatoms. The standard InChI is InChI=1S/C27H18F2N6O/c28-27(29,21-7-2-1-3-8-21)25(36)31-22-13-10-18(11-14-22)20-12-15-24-33-26(34-35(24)17-20)32-23-9-5-4-6-19(23)16-30/h1-15,17H,(H,31,36)(H,32,34). The predicted molar refractivity (Wildman–Crippen MR) is 132 cm³/mol. The van der Waals surface area contributed by atoms with E-state index in [0.717, 1.165) is 11.1 Å². The largest absolute Gasteiger partial charge is 0.350 e. The van der Waals surface area contributed by atoms with E-state index in [9.17, 15) is 18.8 Å². The second kappa shape index (κ2) is 9.27. The Labute approximate surface area is 204 Å². The number of nitrogens with zero attached hydrogens (tertiary/aromatic N) is 4. The third kappa shape index (κ3) is 4.48. The molecule has 36 heavy (non-hydrogen) atoms. The summed E-state index contributed by atoms with van der Waals surface area (Å²) in [7, 11) is 0. The first-order valence-electron chi connectivity index (χ1n) is 10.9. The van der Waals surface area contributed by atoms with Crippen LogP contribution in [0.4, 0.5) is 26.1 Å². The van der Waals surface area contributed by atoms with Gasteiger partial charge in [-0.15, -0.1) is 5.10 Å². The Kier molecular flexibility index (Phi) is 5.84. The Morgan fingerprint density at radius 3 is 2.33 bits per heavy atom. The van der Waals surface area contributed by atoms with Crippen LogP contribution in [-0.4, -0.2) is 20.5 Å². The van der Waals surface area contributed by atoms with E-state index in [0.29, 0.717) is 22.8 Å². The van der Waals surface area contributed by atoms with Crippen LogP contribution in [0, 0.1) is 11.3 Å². The van der Waals surface area contributed by atoms with Gasteiger partial charge in [-0.3, -0.25) is 4.79 Å². The zero-order chi connectivity index (χ0) is 25.1. The molecular weight excluding hydrogens is 462 g/mol. The van der Waals surface area contributed by atoms with E-state index in [1.54, 1.807) is 65.3 Å². The van der Waals surface area contributed by atoms with Crippen LogP contribution >= 0.6 is 0 Å². The Bertz CT molecular complexity index is 1590. The number of pyridine rings is 1. The first-order valence-corrected chi connectivity index (χ1v) is 10.9. The van der Waals surface area contributed by atoms with Gasteiger partial charge in [-0.2, -0.15) is 19.0 Å². The molecule has 0 aliphatic heterocycles. The third-order valence-electron chi connectivity index (χ3n) is 5.52. The van der Waals surface area contributed by atoms with E-state index < -0.39 is 11.8 Å². The Morgan fingerprint density at radius 2 is 1.58 bits per heavy atom. The van der Waals surface area contributed by atoms with Crippen LogP contribution in [0.1, 0.15) is 11.1 Å². The summed E-state index contributed by atoms with van der Waals surface area (Å²) in [6.07, 6.45) is 1.78. The molecule has 0 saturated carbocycles. The molecule has 3 aromatic carbocycles. The molecule has 2 N–H and O–H groups in total. The minimum atomic E-state index is -3.66. The molecule has 2 heterocycles. The molecule has 0 aliphatic carbocycles. The maximum atomic E-state index is 14.5. The number of carbonyl (C=O) groups excluding carboxylic acids is 1. The lowest BCUT2D eigenvalue weighted by molar-refractivity contribution is -0.140. The second-order valence-corrected chi connectivity index (χ2v) is 7.91. The predicted octanol–water partition coefficient (Wildman–Crippen LogP) is 5.74. The lowest BCUT2D eigenvalue weighted by atomic mass is 10.1. The summed E-state index contributed by atoms with van der Waals surface area (Å²) >= 11 is 0. The number of fused-ring (bicyclic) bond motifs is 1. The lowest BCUT2D eigenvalue weighted by Crippen LogP contribution is -2.32. The summed E-state index contributed by atoms with van der Waals surface area (Å²) in [5, 5.41) is 19.0. The number of amides is 1. The molecule has 7 nitrogen and oxygen atoms in total. The van der Waals surface area contributed by atoms with Crippen molar-refractivity contribution < 1.29 is 13.6 Å². The molecule has 0 aliphatic rings. The highest BCUT2D eigenvalue weighted by Gasteiger charge is 2.40. The number of nitrogens with one attached hydrogen (secondary N) is 2. The van der Waals surface area contributed by atoms with Crippen LogP contribution in [0.15, 0.2) is 97.2 Å². The highest BCUT2D eigenvalue weighted by Crippen LogP contribution is 2.30. The fourth-order valence-corrected chi connectivity index (χ4v) is 3.65. The first-order chi connectivity index (χ1) is 17.4. The maximum Gasteiger partial charge on any atom is 0.350 e. The normalized spacial score (nSPS) is 11.1. The van der Waals surface area contributed by atoms with E-state index in [2.05, 4.69) is 26.8 Å². The average molecular weight is 480 g/mol. The maximum absolute atomic E-state index is 14.5. The quantitative estimate of drug-likeness (QED) is 0.323. The molecule has 0 unspecified atom stereocenters. The molecule has 0 radical (unpaired) electrons. The monoisotopic (exact) mass is 480 g/mol. The number of anilines is 3. The molecule has 5 rings (SSSR count). The lowest BCUT2D eigenvalue weighted by Gasteiger charge is -2.16. The van der Waals surface area contributed by atoms with Gasteiger partial charge in [0.15, 0.2) is 5.65 Å². The van der Waals surface area contributed by atoms with Crippen LogP contribution in [0.5, 0.6) is 0 Å². The summed E-state index contributed by atoms with van der Waals surface area (Å²) in [5.74, 6) is -4.71. The second-order valence-electron chi connectivity index (χ2n) is 7.91. The number of hydrogen-bond acceptors (Lipinski definition) is 5. The molecule has 0 atom stereocenters. The summed E-state index contributed by atoms with van der Waals surface area (Å²) in [5.41, 5.74) is 3.17. The van der Waals surface area contributed by atoms with Gasteiger partial charge in [0.2, 0.25) is 5.95 Å². The molecule has 1 amide bonds. The molecular formula is C27H18F2N6O. The minimum Gasteiger partial charge on any atom is -0.322 e. The molecule has 0 fully saturated rings. The van der Waals surface area contributed by atoms with Crippen molar-refractivity contribution in [1.82, 2.24) is 14.6 Å². The fraction of sp³-hybridized carbons (Fsp3) is 0.0370. The van der Waals surface area contributed by atoms with Gasteiger partial charge in [0.05, 0.1) is 11.3 Å². The van der Waals surface area contributed by atoms with E-state index in [4.69, 9.17) is 0 Å². The van der Waals surface area contributed by atoms with Crippen LogP contribution in [-0.2, 0) is 10.7 Å². The van der Waals surface area contributed by atoms with Crippen molar-refractivity contribution in [3.63, 3.8) is 0 Å². The molecule has 5 aromatic rings. The summed E-state index contributed by atoms with van der Waals surface area (Å²) in [6.45, 7) is 0. The highest BCUT2D eigenvalue weighted by molar-refractivity contribution is 5.96. The topological polar surface area (TPSA) is 95.1 Å². The van der Waals surface area contributed by atoms with Gasteiger partial charge < -0.3 is 10.6 Å². The van der Waals surface area contributed by atoms with Gasteiger partial charge in [-0.1, -0.05) is 54.6 Å². The molecule has 0 spiro atoms. The number of para-hydroxylation sites is 1. The minimum absolute atomic E-state index is 0.254. The van der Waals surface area contributed by atoms with Crippen molar-refractivity contribution in [2.45, 2.75) is 5.92 Å². The number of halogens is 2.